The second-order valence-electron chi connectivity index (χ2n) is 7.39. The number of fused-ring (bicyclic) bond motifs is 1. The Morgan fingerprint density at radius 1 is 1.07 bits per heavy atom. The summed E-state index contributed by atoms with van der Waals surface area (Å²) in [4.78, 5) is 28.3. The van der Waals surface area contributed by atoms with E-state index in [0.29, 0.717) is 18.0 Å². The number of hydrogen-bond donors (Lipinski definition) is 1. The third-order valence-corrected chi connectivity index (χ3v) is 4.94. The Labute approximate surface area is 175 Å². The highest BCUT2D eigenvalue weighted by atomic mass is 16.2. The summed E-state index contributed by atoms with van der Waals surface area (Å²) < 4.78 is 1.79. The molecule has 0 unspecified atom stereocenters. The molecule has 7 nitrogen and oxygen atoms in total. The number of likely N-dealkylation sites (N-methyl/N-ethyl adjacent to an activating group) is 1. The van der Waals surface area contributed by atoms with Crippen molar-refractivity contribution in [2.45, 2.75) is 0 Å². The topological polar surface area (TPSA) is 75.9 Å². The first kappa shape index (κ1) is 19.7. The van der Waals surface area contributed by atoms with Gasteiger partial charge in [0.25, 0.3) is 5.91 Å². The third kappa shape index (κ3) is 3.92. The molecule has 1 amide bonds. The van der Waals surface area contributed by atoms with Gasteiger partial charge in [0.1, 0.15) is 0 Å². The maximum Gasteiger partial charge on any atom is 0.287 e. The van der Waals surface area contributed by atoms with Gasteiger partial charge in [0.2, 0.25) is 5.82 Å². The van der Waals surface area contributed by atoms with Crippen LogP contribution in [0, 0.1) is 0 Å². The van der Waals surface area contributed by atoms with E-state index in [4.69, 9.17) is 4.98 Å². The molecule has 30 heavy (non-hydrogen) atoms. The molecule has 3 heterocycles. The van der Waals surface area contributed by atoms with Crippen molar-refractivity contribution in [3.63, 3.8) is 0 Å². The zero-order valence-electron chi connectivity index (χ0n) is 17.3. The molecule has 0 atom stereocenters. The van der Waals surface area contributed by atoms with E-state index in [1.165, 1.54) is 0 Å². The number of imidazole rings is 1. The molecule has 0 aliphatic heterocycles. The summed E-state index contributed by atoms with van der Waals surface area (Å²) in [6, 6.07) is 15.9. The van der Waals surface area contributed by atoms with Crippen LogP contribution in [0.2, 0.25) is 0 Å². The van der Waals surface area contributed by atoms with Gasteiger partial charge in [-0.15, -0.1) is 0 Å². The molecule has 0 bridgehead atoms. The van der Waals surface area contributed by atoms with Crippen molar-refractivity contribution in [3.05, 3.63) is 66.7 Å². The van der Waals surface area contributed by atoms with E-state index in [2.05, 4.69) is 15.3 Å². The van der Waals surface area contributed by atoms with Gasteiger partial charge in [0.05, 0.1) is 11.2 Å². The number of aryl methyl sites for hydroxylation is 1. The molecule has 0 saturated carbocycles. The Kier molecular flexibility index (Phi) is 5.54. The Hall–Kier alpha value is -3.58. The van der Waals surface area contributed by atoms with E-state index in [0.717, 1.165) is 34.4 Å². The molecule has 0 radical (unpaired) electrons. The molecular weight excluding hydrogens is 376 g/mol. The van der Waals surface area contributed by atoms with E-state index in [1.54, 1.807) is 10.8 Å². The molecule has 0 spiro atoms. The molecule has 7 heteroatoms. The second-order valence-corrected chi connectivity index (χ2v) is 7.39. The van der Waals surface area contributed by atoms with Crippen molar-refractivity contribution in [1.82, 2.24) is 29.7 Å². The molecule has 0 fully saturated rings. The molecule has 0 saturated heterocycles. The molecule has 4 rings (SSSR count). The van der Waals surface area contributed by atoms with Gasteiger partial charge in [-0.25, -0.2) is 9.97 Å². The number of aromatic nitrogens is 4. The fourth-order valence-corrected chi connectivity index (χ4v) is 3.34. The number of amides is 1. The van der Waals surface area contributed by atoms with Crippen LogP contribution in [0.1, 0.15) is 10.6 Å². The largest absolute Gasteiger partial charge is 0.348 e. The molecule has 0 aliphatic rings. The van der Waals surface area contributed by atoms with E-state index in [9.17, 15) is 4.79 Å². The highest BCUT2D eigenvalue weighted by molar-refractivity contribution is 5.96. The number of hydrogen-bond acceptors (Lipinski definition) is 5. The second kappa shape index (κ2) is 8.42. The molecule has 1 aromatic carbocycles. The van der Waals surface area contributed by atoms with Crippen LogP contribution in [-0.2, 0) is 7.05 Å². The van der Waals surface area contributed by atoms with E-state index in [-0.39, 0.29) is 5.91 Å². The lowest BCUT2D eigenvalue weighted by atomic mass is 10.0. The fraction of sp³-hybridized carbons (Fsp3) is 0.217. The van der Waals surface area contributed by atoms with Crippen LogP contribution in [0.4, 0.5) is 0 Å². The van der Waals surface area contributed by atoms with Gasteiger partial charge >= 0.3 is 0 Å². The lowest BCUT2D eigenvalue weighted by molar-refractivity contribution is 0.0938. The maximum absolute atomic E-state index is 12.7. The minimum absolute atomic E-state index is 0.207. The van der Waals surface area contributed by atoms with Gasteiger partial charge in [-0.3, -0.25) is 9.78 Å². The number of nitrogens with zero attached hydrogens (tertiary/aromatic N) is 5. The highest BCUT2D eigenvalue weighted by Crippen LogP contribution is 2.33. The van der Waals surface area contributed by atoms with Crippen LogP contribution < -0.4 is 5.32 Å². The highest BCUT2D eigenvalue weighted by Gasteiger charge is 2.19. The summed E-state index contributed by atoms with van der Waals surface area (Å²) in [7, 11) is 5.78. The summed E-state index contributed by atoms with van der Waals surface area (Å²) in [5, 5.41) is 2.92. The van der Waals surface area contributed by atoms with Crippen molar-refractivity contribution >= 4 is 17.1 Å². The number of nitrogens with one attached hydrogen (secondary N) is 1. The molecule has 3 aromatic heterocycles. The van der Waals surface area contributed by atoms with Gasteiger partial charge in [0, 0.05) is 49.2 Å². The first-order valence-corrected chi connectivity index (χ1v) is 9.81. The summed E-state index contributed by atoms with van der Waals surface area (Å²) in [6.07, 6.45) is 3.57. The monoisotopic (exact) mass is 400 g/mol. The van der Waals surface area contributed by atoms with Crippen LogP contribution in [-0.4, -0.2) is 57.5 Å². The van der Waals surface area contributed by atoms with Gasteiger partial charge in [0.15, 0.2) is 5.65 Å². The average Bonchev–Trinajstić information content (AvgIpc) is 3.09. The summed E-state index contributed by atoms with van der Waals surface area (Å²) >= 11 is 0. The normalized spacial score (nSPS) is 11.2. The zero-order chi connectivity index (χ0) is 21.1. The molecule has 152 valence electrons. The number of pyridine rings is 2. The lowest BCUT2D eigenvalue weighted by Gasteiger charge is -2.10. The number of carbonyl (C=O) groups excluding carboxylic acids is 1. The van der Waals surface area contributed by atoms with Crippen molar-refractivity contribution < 1.29 is 4.79 Å². The summed E-state index contributed by atoms with van der Waals surface area (Å²) in [6.45, 7) is 1.32. The number of rotatable bonds is 6. The Bertz CT molecular complexity index is 1170. The molecule has 1 N–H and O–H groups in total. The first-order valence-electron chi connectivity index (χ1n) is 9.81. The Morgan fingerprint density at radius 3 is 2.53 bits per heavy atom. The number of benzene rings is 1. The van der Waals surface area contributed by atoms with Crippen LogP contribution in [0.3, 0.4) is 0 Å². The minimum Gasteiger partial charge on any atom is -0.348 e. The fourth-order valence-electron chi connectivity index (χ4n) is 3.34. The Balaban J connectivity index is 1.82. The first-order chi connectivity index (χ1) is 14.5. The molecule has 0 aliphatic carbocycles. The quantitative estimate of drug-likeness (QED) is 0.538. The van der Waals surface area contributed by atoms with Crippen molar-refractivity contribution in [3.8, 4) is 22.4 Å². The van der Waals surface area contributed by atoms with Gasteiger partial charge < -0.3 is 14.8 Å². The van der Waals surface area contributed by atoms with E-state index >= 15 is 0 Å². The van der Waals surface area contributed by atoms with Crippen LogP contribution in [0.15, 0.2) is 60.9 Å². The van der Waals surface area contributed by atoms with Gasteiger partial charge in [-0.1, -0.05) is 36.4 Å². The predicted molar refractivity (Wildman–Crippen MR) is 118 cm³/mol. The van der Waals surface area contributed by atoms with Crippen LogP contribution >= 0.6 is 0 Å². The Morgan fingerprint density at radius 2 is 1.83 bits per heavy atom. The SMILES string of the molecule is CN(C)CCNC(=O)c1nc2nc(-c3ccccc3)c(-c3cccnc3)cc2n1C. The predicted octanol–water partition coefficient (Wildman–Crippen LogP) is 2.99. The van der Waals surface area contributed by atoms with Crippen molar-refractivity contribution in [2.24, 2.45) is 7.05 Å². The number of carbonyl (C=O) groups is 1. The zero-order valence-corrected chi connectivity index (χ0v) is 17.3. The standard InChI is InChI=1S/C23H24N6O/c1-28(2)13-12-25-23(30)22-27-21-19(29(22)3)14-18(17-10-7-11-24-15-17)20(26-21)16-8-5-4-6-9-16/h4-11,14-15H,12-13H2,1-3H3,(H,25,30). The van der Waals surface area contributed by atoms with E-state index < -0.39 is 0 Å². The van der Waals surface area contributed by atoms with Gasteiger partial charge in [-0.05, 0) is 26.2 Å². The maximum atomic E-state index is 12.7. The molecular formula is C23H24N6O. The van der Waals surface area contributed by atoms with Crippen molar-refractivity contribution in [1.29, 1.82) is 0 Å². The summed E-state index contributed by atoms with van der Waals surface area (Å²) in [5.74, 6) is 0.139. The van der Waals surface area contributed by atoms with Gasteiger partial charge in [-0.2, -0.15) is 0 Å². The molecule has 4 aromatic rings. The average molecular weight is 400 g/mol. The summed E-state index contributed by atoms with van der Waals surface area (Å²) in [5.41, 5.74) is 5.05. The van der Waals surface area contributed by atoms with Crippen LogP contribution in [0.5, 0.6) is 0 Å². The smallest absolute Gasteiger partial charge is 0.287 e. The minimum atomic E-state index is -0.207. The van der Waals surface area contributed by atoms with Crippen LogP contribution in [0.25, 0.3) is 33.5 Å². The van der Waals surface area contributed by atoms with Crippen molar-refractivity contribution in [2.75, 3.05) is 27.2 Å². The third-order valence-electron chi connectivity index (χ3n) is 4.94. The van der Waals surface area contributed by atoms with E-state index in [1.807, 2.05) is 80.8 Å². The lowest BCUT2D eigenvalue weighted by Crippen LogP contribution is -2.32.